The summed E-state index contributed by atoms with van der Waals surface area (Å²) in [6.45, 7) is 1.02. The quantitative estimate of drug-likeness (QED) is 0.778. The second-order valence-corrected chi connectivity index (χ2v) is 5.53. The van der Waals surface area contributed by atoms with Crippen molar-refractivity contribution in [3.05, 3.63) is 30.1 Å². The maximum Gasteiger partial charge on any atom is 0.0672 e. The lowest BCUT2D eigenvalue weighted by molar-refractivity contribution is 0.193. The molecule has 3 heteroatoms. The van der Waals surface area contributed by atoms with Gasteiger partial charge in [-0.25, -0.2) is 0 Å². The van der Waals surface area contributed by atoms with Gasteiger partial charge in [0.05, 0.1) is 12.0 Å². The summed E-state index contributed by atoms with van der Waals surface area (Å²) < 4.78 is 0. The fourth-order valence-electron chi connectivity index (χ4n) is 2.99. The Labute approximate surface area is 116 Å². The maximum atomic E-state index is 9.34. The van der Waals surface area contributed by atoms with Crippen molar-refractivity contribution >= 4 is 0 Å². The zero-order valence-corrected chi connectivity index (χ0v) is 11.8. The lowest BCUT2D eigenvalue weighted by Crippen LogP contribution is -2.38. The van der Waals surface area contributed by atoms with E-state index < -0.39 is 0 Å². The molecule has 0 amide bonds. The molecule has 1 aliphatic rings. The first-order chi connectivity index (χ1) is 9.31. The number of likely N-dealkylation sites (N-methyl/N-ethyl adjacent to an activating group) is 1. The number of rotatable bonds is 4. The number of pyridine rings is 1. The molecule has 19 heavy (non-hydrogen) atoms. The van der Waals surface area contributed by atoms with Gasteiger partial charge in [0, 0.05) is 25.0 Å². The first-order valence-electron chi connectivity index (χ1n) is 7.30. The van der Waals surface area contributed by atoms with E-state index in [2.05, 4.69) is 35.1 Å². The summed E-state index contributed by atoms with van der Waals surface area (Å²) in [4.78, 5) is 6.43. The standard InChI is InChI=1S/C16H23N3/c1-19(12-9-14-7-10-18-11-8-14)16-6-4-2-3-5-15(16)13-17/h7-8,10-11,15-16H,2-6,9,12H2,1H3. The van der Waals surface area contributed by atoms with Gasteiger partial charge in [0.1, 0.15) is 0 Å². The van der Waals surface area contributed by atoms with Crippen molar-refractivity contribution in [2.24, 2.45) is 5.92 Å². The second-order valence-electron chi connectivity index (χ2n) is 5.53. The van der Waals surface area contributed by atoms with Crippen molar-refractivity contribution in [1.29, 1.82) is 5.26 Å². The molecule has 2 atom stereocenters. The molecule has 1 aromatic heterocycles. The highest BCUT2D eigenvalue weighted by atomic mass is 15.1. The Kier molecular flexibility index (Phi) is 5.35. The molecule has 1 heterocycles. The molecule has 2 unspecified atom stereocenters. The van der Waals surface area contributed by atoms with Crippen LogP contribution in [-0.4, -0.2) is 29.5 Å². The van der Waals surface area contributed by atoms with Crippen molar-refractivity contribution in [2.75, 3.05) is 13.6 Å². The number of hydrogen-bond donors (Lipinski definition) is 0. The fraction of sp³-hybridized carbons (Fsp3) is 0.625. The van der Waals surface area contributed by atoms with Gasteiger partial charge in [-0.1, -0.05) is 19.3 Å². The molecule has 0 N–H and O–H groups in total. The van der Waals surface area contributed by atoms with Crippen LogP contribution in [0.5, 0.6) is 0 Å². The van der Waals surface area contributed by atoms with Crippen LogP contribution in [0, 0.1) is 17.2 Å². The van der Waals surface area contributed by atoms with E-state index in [4.69, 9.17) is 0 Å². The topological polar surface area (TPSA) is 39.9 Å². The van der Waals surface area contributed by atoms with E-state index in [0.717, 1.165) is 19.4 Å². The van der Waals surface area contributed by atoms with Crippen LogP contribution in [0.1, 0.15) is 37.7 Å². The number of nitrogens with zero attached hydrogens (tertiary/aromatic N) is 3. The minimum atomic E-state index is 0.213. The summed E-state index contributed by atoms with van der Waals surface area (Å²) in [5.41, 5.74) is 1.32. The highest BCUT2D eigenvalue weighted by Crippen LogP contribution is 2.26. The van der Waals surface area contributed by atoms with E-state index in [-0.39, 0.29) is 5.92 Å². The second kappa shape index (κ2) is 7.25. The van der Waals surface area contributed by atoms with Gasteiger partial charge in [0.15, 0.2) is 0 Å². The molecule has 1 saturated carbocycles. The first-order valence-corrected chi connectivity index (χ1v) is 7.30. The Hall–Kier alpha value is -1.40. The Morgan fingerprint density at radius 3 is 2.74 bits per heavy atom. The molecule has 0 aliphatic heterocycles. The highest BCUT2D eigenvalue weighted by Gasteiger charge is 2.26. The molecule has 0 spiro atoms. The van der Waals surface area contributed by atoms with Gasteiger partial charge >= 0.3 is 0 Å². The molecule has 1 fully saturated rings. The molecular formula is C16H23N3. The highest BCUT2D eigenvalue weighted by molar-refractivity contribution is 5.10. The summed E-state index contributed by atoms with van der Waals surface area (Å²) in [5.74, 6) is 0.213. The van der Waals surface area contributed by atoms with E-state index in [0.29, 0.717) is 6.04 Å². The number of nitriles is 1. The largest absolute Gasteiger partial charge is 0.302 e. The Morgan fingerprint density at radius 1 is 1.26 bits per heavy atom. The van der Waals surface area contributed by atoms with Crippen molar-refractivity contribution in [2.45, 2.75) is 44.6 Å². The molecule has 0 bridgehead atoms. The van der Waals surface area contributed by atoms with Crippen LogP contribution in [0.4, 0.5) is 0 Å². The zero-order chi connectivity index (χ0) is 13.5. The number of hydrogen-bond acceptors (Lipinski definition) is 3. The minimum absolute atomic E-state index is 0.213. The Morgan fingerprint density at radius 2 is 2.00 bits per heavy atom. The maximum absolute atomic E-state index is 9.34. The van der Waals surface area contributed by atoms with Gasteiger partial charge in [-0.2, -0.15) is 5.26 Å². The molecule has 2 rings (SSSR count). The minimum Gasteiger partial charge on any atom is -0.302 e. The third-order valence-electron chi connectivity index (χ3n) is 4.21. The fourth-order valence-corrected chi connectivity index (χ4v) is 2.99. The molecule has 102 valence electrons. The summed E-state index contributed by atoms with van der Waals surface area (Å²) in [7, 11) is 2.17. The van der Waals surface area contributed by atoms with Crippen LogP contribution < -0.4 is 0 Å². The zero-order valence-electron chi connectivity index (χ0n) is 11.8. The van der Waals surface area contributed by atoms with E-state index in [9.17, 15) is 5.26 Å². The first kappa shape index (κ1) is 14.0. The van der Waals surface area contributed by atoms with Crippen LogP contribution in [0.2, 0.25) is 0 Å². The van der Waals surface area contributed by atoms with Crippen molar-refractivity contribution in [1.82, 2.24) is 9.88 Å². The monoisotopic (exact) mass is 257 g/mol. The van der Waals surface area contributed by atoms with Crippen molar-refractivity contribution in [3.8, 4) is 6.07 Å². The molecule has 0 aromatic carbocycles. The van der Waals surface area contributed by atoms with Crippen LogP contribution in [0.25, 0.3) is 0 Å². The molecule has 1 aromatic rings. The smallest absolute Gasteiger partial charge is 0.0672 e. The molecule has 0 radical (unpaired) electrons. The van der Waals surface area contributed by atoms with Crippen LogP contribution in [-0.2, 0) is 6.42 Å². The van der Waals surface area contributed by atoms with Gasteiger partial charge in [-0.05, 0) is 44.0 Å². The lowest BCUT2D eigenvalue weighted by Gasteiger charge is -2.30. The summed E-state index contributed by atoms with van der Waals surface area (Å²) in [5, 5.41) is 9.34. The summed E-state index contributed by atoms with van der Waals surface area (Å²) in [6, 6.07) is 7.10. The SMILES string of the molecule is CN(CCc1ccncc1)C1CCCCCC1C#N. The number of aromatic nitrogens is 1. The average Bonchev–Trinajstić information content (AvgIpc) is 2.71. The molecule has 3 nitrogen and oxygen atoms in total. The average molecular weight is 257 g/mol. The molecular weight excluding hydrogens is 234 g/mol. The Bertz CT molecular complexity index is 410. The normalized spacial score (nSPS) is 23.8. The summed E-state index contributed by atoms with van der Waals surface area (Å²) >= 11 is 0. The third-order valence-corrected chi connectivity index (χ3v) is 4.21. The van der Waals surface area contributed by atoms with Crippen molar-refractivity contribution in [3.63, 3.8) is 0 Å². The predicted octanol–water partition coefficient (Wildman–Crippen LogP) is 3.03. The van der Waals surface area contributed by atoms with Gasteiger partial charge in [-0.3, -0.25) is 4.98 Å². The van der Waals surface area contributed by atoms with Crippen LogP contribution in [0.3, 0.4) is 0 Å². The van der Waals surface area contributed by atoms with E-state index in [1.54, 1.807) is 0 Å². The Balaban J connectivity index is 1.90. The van der Waals surface area contributed by atoms with Crippen molar-refractivity contribution < 1.29 is 0 Å². The summed E-state index contributed by atoms with van der Waals surface area (Å²) in [6.07, 6.45) is 10.7. The predicted molar refractivity (Wildman–Crippen MR) is 76.5 cm³/mol. The van der Waals surface area contributed by atoms with E-state index in [1.165, 1.54) is 31.2 Å². The van der Waals surface area contributed by atoms with Gasteiger partial charge in [0.2, 0.25) is 0 Å². The van der Waals surface area contributed by atoms with Gasteiger partial charge in [-0.15, -0.1) is 0 Å². The molecule has 1 aliphatic carbocycles. The van der Waals surface area contributed by atoms with Gasteiger partial charge in [0.25, 0.3) is 0 Å². The van der Waals surface area contributed by atoms with Crippen LogP contribution in [0.15, 0.2) is 24.5 Å². The lowest BCUT2D eigenvalue weighted by atomic mass is 9.95. The van der Waals surface area contributed by atoms with Gasteiger partial charge < -0.3 is 4.90 Å². The van der Waals surface area contributed by atoms with E-state index in [1.807, 2.05) is 12.4 Å². The third kappa shape index (κ3) is 4.04. The molecule has 0 saturated heterocycles. The van der Waals surface area contributed by atoms with E-state index >= 15 is 0 Å². The van der Waals surface area contributed by atoms with Crippen LogP contribution >= 0.6 is 0 Å².